The lowest BCUT2D eigenvalue weighted by Crippen LogP contribution is -2.51. The minimum absolute atomic E-state index is 0.115. The molecule has 6 atom stereocenters. The molecule has 34 heavy (non-hydrogen) atoms. The molecule has 6 unspecified atom stereocenters. The third kappa shape index (κ3) is 5.90. The molecule has 4 rings (SSSR count). The first-order valence-electron chi connectivity index (χ1n) is 13.3. The molecule has 4 aliphatic rings. The van der Waals surface area contributed by atoms with E-state index in [1.165, 1.54) is 6.92 Å². The number of rotatable bonds is 5. The van der Waals surface area contributed by atoms with Crippen molar-refractivity contribution in [1.82, 2.24) is 0 Å². The molecule has 0 aromatic rings. The topological polar surface area (TPSA) is 18.5 Å². The van der Waals surface area contributed by atoms with Crippen LogP contribution in [0.3, 0.4) is 0 Å². The largest absolute Gasteiger partial charge is 0.378 e. The Hall–Kier alpha value is -0.500. The van der Waals surface area contributed by atoms with Crippen molar-refractivity contribution in [1.29, 1.82) is 0 Å². The van der Waals surface area contributed by atoms with Gasteiger partial charge in [-0.25, -0.2) is 17.6 Å². The maximum absolute atomic E-state index is 15.0. The van der Waals surface area contributed by atoms with Gasteiger partial charge in [-0.3, -0.25) is 0 Å². The van der Waals surface area contributed by atoms with Gasteiger partial charge in [0, 0.05) is 25.4 Å². The number of ether oxygens (including phenoxy) is 2. The highest BCUT2D eigenvalue weighted by Gasteiger charge is 2.56. The molecule has 0 aromatic carbocycles. The summed E-state index contributed by atoms with van der Waals surface area (Å²) in [5, 5.41) is 0. The summed E-state index contributed by atoms with van der Waals surface area (Å²) in [6.07, 6.45) is -7.71. The van der Waals surface area contributed by atoms with Crippen LogP contribution in [0.25, 0.3) is 0 Å². The standard InChI is InChI=1S/C26H40F6O2/c1-14-3-8-24(33-13-14)17-6-4-16(5-7-17)18-9-22(29)25(23(30)10-18)26(31,32)34-19-11-20(27)15(2)21(28)12-19/h14-25H,3-13H2,1-2H3. The number of hydrogen-bond acceptors (Lipinski definition) is 2. The molecule has 3 saturated carbocycles. The van der Waals surface area contributed by atoms with Crippen LogP contribution < -0.4 is 0 Å². The van der Waals surface area contributed by atoms with E-state index < -0.39 is 48.7 Å². The SMILES string of the molecule is CC1CCC(C2CCC(C3CC(F)C(C(F)(F)OC4CC(F)C(C)C(F)C4)C(F)C3)CC2)OC1. The van der Waals surface area contributed by atoms with E-state index in [1.807, 2.05) is 0 Å². The number of alkyl halides is 6. The third-order valence-electron chi connectivity index (χ3n) is 9.21. The molecule has 8 heteroatoms. The van der Waals surface area contributed by atoms with Crippen LogP contribution in [0.5, 0.6) is 0 Å². The molecular weight excluding hydrogens is 458 g/mol. The maximum Gasteiger partial charge on any atom is 0.364 e. The highest BCUT2D eigenvalue weighted by atomic mass is 19.3. The van der Waals surface area contributed by atoms with E-state index in [9.17, 15) is 17.6 Å². The molecule has 3 aliphatic carbocycles. The Bertz CT molecular complexity index is 625. The molecule has 198 valence electrons. The predicted octanol–water partition coefficient (Wildman–Crippen LogP) is 7.39. The van der Waals surface area contributed by atoms with Crippen LogP contribution in [-0.2, 0) is 9.47 Å². The van der Waals surface area contributed by atoms with Gasteiger partial charge in [0.25, 0.3) is 0 Å². The van der Waals surface area contributed by atoms with Crippen molar-refractivity contribution in [3.8, 4) is 0 Å². The molecule has 1 heterocycles. The van der Waals surface area contributed by atoms with Gasteiger partial charge >= 0.3 is 6.11 Å². The van der Waals surface area contributed by atoms with Gasteiger partial charge in [0.1, 0.15) is 30.6 Å². The summed E-state index contributed by atoms with van der Waals surface area (Å²) in [5.41, 5.74) is 0. The lowest BCUT2D eigenvalue weighted by atomic mass is 9.67. The van der Waals surface area contributed by atoms with Crippen molar-refractivity contribution < 1.29 is 35.8 Å². The minimum Gasteiger partial charge on any atom is -0.378 e. The first-order valence-corrected chi connectivity index (χ1v) is 13.3. The zero-order valence-corrected chi connectivity index (χ0v) is 20.3. The molecule has 1 saturated heterocycles. The summed E-state index contributed by atoms with van der Waals surface area (Å²) in [4.78, 5) is 0. The minimum atomic E-state index is -4.10. The second-order valence-corrected chi connectivity index (χ2v) is 11.7. The summed E-state index contributed by atoms with van der Waals surface area (Å²) in [5.74, 6) is -2.21. The maximum atomic E-state index is 15.0. The molecule has 2 nitrogen and oxygen atoms in total. The van der Waals surface area contributed by atoms with E-state index in [2.05, 4.69) is 6.92 Å². The fourth-order valence-corrected chi connectivity index (χ4v) is 6.92. The molecule has 0 N–H and O–H groups in total. The van der Waals surface area contributed by atoms with Gasteiger partial charge in [0.15, 0.2) is 0 Å². The molecule has 4 fully saturated rings. The summed E-state index contributed by atoms with van der Waals surface area (Å²) in [6.45, 7) is 4.36. The monoisotopic (exact) mass is 498 g/mol. The Labute approximate surface area is 199 Å². The van der Waals surface area contributed by atoms with Crippen LogP contribution in [0.15, 0.2) is 0 Å². The van der Waals surface area contributed by atoms with E-state index in [0.717, 1.165) is 45.1 Å². The van der Waals surface area contributed by atoms with E-state index >= 15 is 8.78 Å². The van der Waals surface area contributed by atoms with E-state index in [-0.39, 0.29) is 43.6 Å². The Morgan fingerprint density at radius 3 is 1.76 bits per heavy atom. The van der Waals surface area contributed by atoms with Crippen LogP contribution in [-0.4, -0.2) is 49.6 Å². The molecule has 0 amide bonds. The molecule has 0 aromatic heterocycles. The molecule has 1 aliphatic heterocycles. The summed E-state index contributed by atoms with van der Waals surface area (Å²) in [6, 6.07) is 0. The molecular formula is C26H40F6O2. The normalized spacial score (nSPS) is 49.1. The first-order chi connectivity index (χ1) is 16.0. The Balaban J connectivity index is 1.29. The molecule has 0 spiro atoms. The van der Waals surface area contributed by atoms with Crippen LogP contribution in [0, 0.1) is 35.5 Å². The molecule has 0 bridgehead atoms. The molecule has 0 radical (unpaired) electrons. The Morgan fingerprint density at radius 2 is 1.24 bits per heavy atom. The lowest BCUT2D eigenvalue weighted by molar-refractivity contribution is -0.323. The fourth-order valence-electron chi connectivity index (χ4n) is 6.92. The van der Waals surface area contributed by atoms with Gasteiger partial charge in [-0.1, -0.05) is 13.8 Å². The summed E-state index contributed by atoms with van der Waals surface area (Å²) < 4.78 is 98.3. The van der Waals surface area contributed by atoms with Crippen molar-refractivity contribution in [3.05, 3.63) is 0 Å². The quantitative estimate of drug-likeness (QED) is 0.368. The second-order valence-electron chi connectivity index (χ2n) is 11.7. The number of hydrogen-bond donors (Lipinski definition) is 0. The van der Waals surface area contributed by atoms with Crippen molar-refractivity contribution in [2.45, 2.75) is 121 Å². The number of halogens is 6. The van der Waals surface area contributed by atoms with Crippen molar-refractivity contribution in [3.63, 3.8) is 0 Å². The lowest BCUT2D eigenvalue weighted by Gasteiger charge is -2.44. The smallest absolute Gasteiger partial charge is 0.364 e. The van der Waals surface area contributed by atoms with Gasteiger partial charge in [-0.05, 0) is 75.0 Å². The summed E-state index contributed by atoms with van der Waals surface area (Å²) in [7, 11) is 0. The second kappa shape index (κ2) is 10.9. The van der Waals surface area contributed by atoms with Gasteiger partial charge in [0.05, 0.1) is 12.2 Å². The third-order valence-corrected chi connectivity index (χ3v) is 9.21. The van der Waals surface area contributed by atoms with Crippen molar-refractivity contribution >= 4 is 0 Å². The highest BCUT2D eigenvalue weighted by molar-refractivity contribution is 4.95. The van der Waals surface area contributed by atoms with Crippen molar-refractivity contribution in [2.24, 2.45) is 35.5 Å². The zero-order chi connectivity index (χ0) is 24.6. The average Bonchev–Trinajstić information content (AvgIpc) is 2.77. The van der Waals surface area contributed by atoms with Crippen LogP contribution >= 0.6 is 0 Å². The van der Waals surface area contributed by atoms with Crippen LogP contribution in [0.1, 0.15) is 78.1 Å². The van der Waals surface area contributed by atoms with E-state index in [0.29, 0.717) is 11.8 Å². The fraction of sp³-hybridized carbons (Fsp3) is 1.00. The van der Waals surface area contributed by atoms with E-state index in [1.54, 1.807) is 0 Å². The predicted molar refractivity (Wildman–Crippen MR) is 118 cm³/mol. The zero-order valence-electron chi connectivity index (χ0n) is 20.3. The first kappa shape index (κ1) is 26.6. The Kier molecular flexibility index (Phi) is 8.48. The summed E-state index contributed by atoms with van der Waals surface area (Å²) >= 11 is 0. The van der Waals surface area contributed by atoms with Crippen LogP contribution in [0.4, 0.5) is 26.3 Å². The van der Waals surface area contributed by atoms with Crippen LogP contribution in [0.2, 0.25) is 0 Å². The van der Waals surface area contributed by atoms with Gasteiger partial charge in [-0.2, -0.15) is 8.78 Å². The Morgan fingerprint density at radius 1 is 0.676 bits per heavy atom. The van der Waals surface area contributed by atoms with Gasteiger partial charge in [0.2, 0.25) is 0 Å². The average molecular weight is 499 g/mol. The van der Waals surface area contributed by atoms with E-state index in [4.69, 9.17) is 9.47 Å². The highest BCUT2D eigenvalue weighted by Crippen LogP contribution is 2.49. The van der Waals surface area contributed by atoms with Crippen molar-refractivity contribution in [2.75, 3.05) is 6.61 Å². The van der Waals surface area contributed by atoms with Gasteiger partial charge < -0.3 is 9.47 Å². The van der Waals surface area contributed by atoms with Gasteiger partial charge in [-0.15, -0.1) is 0 Å².